The Bertz CT molecular complexity index is 1650. The quantitative estimate of drug-likeness (QED) is 0.326. The molecule has 0 spiro atoms. The Morgan fingerprint density at radius 2 is 1.78 bits per heavy atom. The Kier molecular flexibility index (Phi) is 7.11. The van der Waals surface area contributed by atoms with Gasteiger partial charge in [-0.1, -0.05) is 50.2 Å². The number of anilines is 2. The first kappa shape index (κ1) is 27.1. The smallest absolute Gasteiger partial charge is 0.294 e. The number of pyridine rings is 1. The number of ether oxygens (including phenoxy) is 1. The summed E-state index contributed by atoms with van der Waals surface area (Å²) in [6.45, 7) is 8.26. The molecule has 0 radical (unpaired) electrons. The summed E-state index contributed by atoms with van der Waals surface area (Å²) in [4.78, 5) is 39.3. The van der Waals surface area contributed by atoms with Gasteiger partial charge >= 0.3 is 0 Å². The van der Waals surface area contributed by atoms with E-state index in [-0.39, 0.29) is 17.1 Å². The lowest BCUT2D eigenvalue weighted by atomic mass is 9.69. The summed E-state index contributed by atoms with van der Waals surface area (Å²) < 4.78 is 7.40. The molecular weight excluding hydrogens is 514 g/mol. The molecule has 6 rings (SSSR count). The molecule has 8 nitrogen and oxygen atoms in total. The van der Waals surface area contributed by atoms with Crippen LogP contribution < -0.4 is 15.6 Å². The van der Waals surface area contributed by atoms with E-state index in [4.69, 9.17) is 9.72 Å². The van der Waals surface area contributed by atoms with E-state index in [2.05, 4.69) is 46.5 Å². The van der Waals surface area contributed by atoms with E-state index in [0.29, 0.717) is 41.5 Å². The van der Waals surface area contributed by atoms with Gasteiger partial charge in [0, 0.05) is 28.2 Å². The maximum atomic E-state index is 13.9. The van der Waals surface area contributed by atoms with Crippen molar-refractivity contribution < 1.29 is 9.53 Å². The molecule has 3 heterocycles. The average molecular weight is 552 g/mol. The van der Waals surface area contributed by atoms with Crippen LogP contribution in [0.1, 0.15) is 67.1 Å². The summed E-state index contributed by atoms with van der Waals surface area (Å²) in [5, 5.41) is 4.00. The number of hydrogen-bond donors (Lipinski definition) is 1. The highest BCUT2D eigenvalue weighted by molar-refractivity contribution is 6.03. The third kappa shape index (κ3) is 5.01. The van der Waals surface area contributed by atoms with Crippen LogP contribution >= 0.6 is 0 Å². The van der Waals surface area contributed by atoms with Gasteiger partial charge in [0.15, 0.2) is 11.5 Å². The number of nitrogens with one attached hydrogen (secondary N) is 1. The second kappa shape index (κ2) is 10.7. The number of Topliss-reactive ketones (excluding diaryl/α,β-unsaturated/α-hetero) is 1. The van der Waals surface area contributed by atoms with Gasteiger partial charge in [0.1, 0.15) is 5.65 Å². The second-order valence-corrected chi connectivity index (χ2v) is 11.8. The van der Waals surface area contributed by atoms with Crippen molar-refractivity contribution in [2.45, 2.75) is 52.0 Å². The number of rotatable bonds is 6. The molecule has 1 aliphatic carbocycles. The van der Waals surface area contributed by atoms with Gasteiger partial charge < -0.3 is 15.0 Å². The van der Waals surface area contributed by atoms with Gasteiger partial charge in [-0.25, -0.2) is 4.98 Å². The molecule has 212 valence electrons. The second-order valence-electron chi connectivity index (χ2n) is 11.8. The van der Waals surface area contributed by atoms with Gasteiger partial charge in [0.2, 0.25) is 5.95 Å². The summed E-state index contributed by atoms with van der Waals surface area (Å²) in [7, 11) is 2.18. The van der Waals surface area contributed by atoms with Gasteiger partial charge in [0.05, 0.1) is 12.6 Å². The number of aromatic nitrogens is 3. The SMILES string of the molecule is CCOc1cc2cnc(Nc3ccc(C4CCN(C)CC4)cc3)nc2n(C2Cc3ccccc3C(=O)C2(C)C)c1=O. The highest BCUT2D eigenvalue weighted by Gasteiger charge is 2.44. The van der Waals surface area contributed by atoms with E-state index in [0.717, 1.165) is 24.3 Å². The van der Waals surface area contributed by atoms with Crippen LogP contribution in [0.25, 0.3) is 11.0 Å². The highest BCUT2D eigenvalue weighted by atomic mass is 16.5. The standard InChI is InChI=1S/C33H37N5O3/c1-5-41-27-18-24-20-34-32(35-25-12-10-21(11-13-25)22-14-16-37(4)17-15-22)36-30(24)38(31(27)40)28-19-23-8-6-7-9-26(23)29(39)33(28,2)3/h6-13,18,20,22,28H,5,14-17,19H2,1-4H3,(H,34,35,36). The minimum Gasteiger partial charge on any atom is -0.488 e. The number of hydrogen-bond acceptors (Lipinski definition) is 7. The van der Waals surface area contributed by atoms with Crippen LogP contribution in [0.15, 0.2) is 65.6 Å². The zero-order chi connectivity index (χ0) is 28.7. The van der Waals surface area contributed by atoms with Crippen molar-refractivity contribution in [2.24, 2.45) is 5.41 Å². The van der Waals surface area contributed by atoms with E-state index in [9.17, 15) is 9.59 Å². The fourth-order valence-corrected chi connectivity index (χ4v) is 6.31. The molecule has 2 aromatic heterocycles. The topological polar surface area (TPSA) is 89.3 Å². The summed E-state index contributed by atoms with van der Waals surface area (Å²) in [6, 6.07) is 17.4. The summed E-state index contributed by atoms with van der Waals surface area (Å²) in [5.41, 5.74) is 3.22. The van der Waals surface area contributed by atoms with Crippen molar-refractivity contribution in [3.8, 4) is 5.75 Å². The van der Waals surface area contributed by atoms with Crippen LogP contribution in [-0.4, -0.2) is 52.0 Å². The minimum atomic E-state index is -0.835. The monoisotopic (exact) mass is 551 g/mol. The van der Waals surface area contributed by atoms with Crippen molar-refractivity contribution in [3.63, 3.8) is 0 Å². The highest BCUT2D eigenvalue weighted by Crippen LogP contribution is 2.43. The molecule has 0 bridgehead atoms. The van der Waals surface area contributed by atoms with Crippen LogP contribution in [0.5, 0.6) is 5.75 Å². The van der Waals surface area contributed by atoms with Gasteiger partial charge in [0.25, 0.3) is 5.56 Å². The molecule has 1 fully saturated rings. The Morgan fingerprint density at radius 3 is 2.51 bits per heavy atom. The molecule has 8 heteroatoms. The zero-order valence-corrected chi connectivity index (χ0v) is 24.2. The fraction of sp³-hybridized carbons (Fsp3) is 0.394. The molecule has 0 saturated carbocycles. The molecule has 2 aliphatic rings. The van der Waals surface area contributed by atoms with Crippen LogP contribution in [0.2, 0.25) is 0 Å². The number of fused-ring (bicyclic) bond motifs is 2. The largest absolute Gasteiger partial charge is 0.488 e. The van der Waals surface area contributed by atoms with Crippen molar-refractivity contribution in [3.05, 3.63) is 87.8 Å². The molecule has 2 aromatic carbocycles. The number of likely N-dealkylation sites (tertiary alicyclic amines) is 1. The van der Waals surface area contributed by atoms with Crippen LogP contribution in [-0.2, 0) is 6.42 Å². The molecule has 1 saturated heterocycles. The lowest BCUT2D eigenvalue weighted by molar-refractivity contribution is 0.0723. The van der Waals surface area contributed by atoms with Gasteiger partial charge in [-0.05, 0) is 81.6 Å². The Morgan fingerprint density at radius 1 is 1.05 bits per heavy atom. The number of carbonyl (C=O) groups excluding carboxylic acids is 1. The lowest BCUT2D eigenvalue weighted by Crippen LogP contribution is -2.44. The number of carbonyl (C=O) groups is 1. The molecule has 1 N–H and O–H groups in total. The van der Waals surface area contributed by atoms with E-state index in [1.165, 1.54) is 18.4 Å². The maximum Gasteiger partial charge on any atom is 0.294 e. The van der Waals surface area contributed by atoms with Crippen molar-refractivity contribution in [1.82, 2.24) is 19.4 Å². The average Bonchev–Trinajstić information content (AvgIpc) is 2.97. The first-order valence-corrected chi connectivity index (χ1v) is 14.5. The Labute approximate surface area is 240 Å². The molecule has 1 unspecified atom stereocenters. The lowest BCUT2D eigenvalue weighted by Gasteiger charge is -2.39. The first-order valence-electron chi connectivity index (χ1n) is 14.5. The van der Waals surface area contributed by atoms with Gasteiger partial charge in [-0.2, -0.15) is 4.98 Å². The van der Waals surface area contributed by atoms with Crippen molar-refractivity contribution >= 4 is 28.5 Å². The molecule has 41 heavy (non-hydrogen) atoms. The van der Waals surface area contributed by atoms with Gasteiger partial charge in [-0.3, -0.25) is 14.2 Å². The molecule has 4 aromatic rings. The predicted molar refractivity (Wildman–Crippen MR) is 161 cm³/mol. The zero-order valence-electron chi connectivity index (χ0n) is 24.2. The van der Waals surface area contributed by atoms with E-state index >= 15 is 0 Å². The molecular formula is C33H37N5O3. The minimum absolute atomic E-state index is 0.0170. The molecule has 1 aliphatic heterocycles. The number of nitrogens with zero attached hydrogens (tertiary/aromatic N) is 4. The number of ketones is 1. The van der Waals surface area contributed by atoms with E-state index < -0.39 is 11.5 Å². The van der Waals surface area contributed by atoms with Crippen LogP contribution in [0.4, 0.5) is 11.6 Å². The maximum absolute atomic E-state index is 13.9. The third-order valence-corrected chi connectivity index (χ3v) is 8.80. The van der Waals surface area contributed by atoms with E-state index in [1.54, 1.807) is 16.8 Å². The normalized spacial score (nSPS) is 19.2. The third-order valence-electron chi connectivity index (χ3n) is 8.80. The molecule has 0 amide bonds. The summed E-state index contributed by atoms with van der Waals surface area (Å²) >= 11 is 0. The number of piperidine rings is 1. The summed E-state index contributed by atoms with van der Waals surface area (Å²) in [5.74, 6) is 1.22. The predicted octanol–water partition coefficient (Wildman–Crippen LogP) is 5.75. The molecule has 1 atom stereocenters. The van der Waals surface area contributed by atoms with Crippen molar-refractivity contribution in [1.29, 1.82) is 0 Å². The fourth-order valence-electron chi connectivity index (χ4n) is 6.31. The Balaban J connectivity index is 1.38. The van der Waals surface area contributed by atoms with Gasteiger partial charge in [-0.15, -0.1) is 0 Å². The van der Waals surface area contributed by atoms with Crippen LogP contribution in [0, 0.1) is 5.41 Å². The van der Waals surface area contributed by atoms with Crippen LogP contribution in [0.3, 0.4) is 0 Å². The first-order chi connectivity index (χ1) is 19.8. The van der Waals surface area contributed by atoms with Crippen molar-refractivity contribution in [2.75, 3.05) is 32.1 Å². The summed E-state index contributed by atoms with van der Waals surface area (Å²) in [6.07, 6.45) is 4.58. The Hall–Kier alpha value is -4.04. The number of benzene rings is 2. The van der Waals surface area contributed by atoms with E-state index in [1.807, 2.05) is 45.0 Å².